The second kappa shape index (κ2) is 7.75. The van der Waals surface area contributed by atoms with E-state index in [0.717, 1.165) is 53.8 Å². The summed E-state index contributed by atoms with van der Waals surface area (Å²) < 4.78 is 2.27. The van der Waals surface area contributed by atoms with Crippen LogP contribution in [0.3, 0.4) is 0 Å². The summed E-state index contributed by atoms with van der Waals surface area (Å²) in [5.74, 6) is 1.10. The number of aromatic nitrogens is 3. The Morgan fingerprint density at radius 3 is 2.57 bits per heavy atom. The topological polar surface area (TPSA) is 51.0 Å². The highest BCUT2D eigenvalue weighted by Gasteiger charge is 2.26. The van der Waals surface area contributed by atoms with Gasteiger partial charge in [-0.15, -0.1) is 0 Å². The Morgan fingerprint density at radius 1 is 0.967 bits per heavy atom. The van der Waals surface area contributed by atoms with Gasteiger partial charge in [0.1, 0.15) is 5.82 Å². The van der Waals surface area contributed by atoms with E-state index in [9.17, 15) is 4.79 Å². The van der Waals surface area contributed by atoms with Crippen molar-refractivity contribution >= 4 is 16.8 Å². The number of imidazole rings is 1. The van der Waals surface area contributed by atoms with E-state index in [1.165, 1.54) is 5.56 Å². The van der Waals surface area contributed by atoms with Crippen LogP contribution in [0.5, 0.6) is 0 Å². The first-order chi connectivity index (χ1) is 14.7. The molecule has 0 N–H and O–H groups in total. The Hall–Kier alpha value is -3.47. The van der Waals surface area contributed by atoms with Gasteiger partial charge in [-0.05, 0) is 56.2 Å². The van der Waals surface area contributed by atoms with E-state index >= 15 is 0 Å². The van der Waals surface area contributed by atoms with E-state index in [2.05, 4.69) is 38.9 Å². The van der Waals surface area contributed by atoms with Gasteiger partial charge in [0.25, 0.3) is 5.91 Å². The van der Waals surface area contributed by atoms with Crippen LogP contribution in [-0.4, -0.2) is 38.4 Å². The highest BCUT2D eigenvalue weighted by Crippen LogP contribution is 2.30. The number of carbonyl (C=O) groups is 1. The van der Waals surface area contributed by atoms with Gasteiger partial charge in [-0.25, -0.2) is 4.98 Å². The predicted molar refractivity (Wildman–Crippen MR) is 118 cm³/mol. The maximum atomic E-state index is 12.8. The van der Waals surface area contributed by atoms with E-state index in [4.69, 9.17) is 0 Å². The maximum Gasteiger partial charge on any atom is 0.253 e. The summed E-state index contributed by atoms with van der Waals surface area (Å²) in [6, 6.07) is 18.5. The van der Waals surface area contributed by atoms with Gasteiger partial charge in [0.05, 0.1) is 5.52 Å². The lowest BCUT2D eigenvalue weighted by molar-refractivity contribution is 0.0695. The molecule has 1 fully saturated rings. The van der Waals surface area contributed by atoms with Crippen molar-refractivity contribution in [3.8, 4) is 11.4 Å². The molecule has 2 aromatic carbocycles. The van der Waals surface area contributed by atoms with Gasteiger partial charge in [-0.1, -0.05) is 23.8 Å². The zero-order chi connectivity index (χ0) is 20.5. The van der Waals surface area contributed by atoms with Crippen molar-refractivity contribution in [1.82, 2.24) is 19.4 Å². The van der Waals surface area contributed by atoms with Crippen LogP contribution in [0.2, 0.25) is 0 Å². The maximum absolute atomic E-state index is 12.8. The number of fused-ring (bicyclic) bond motifs is 1. The number of piperidine rings is 1. The molecule has 1 aliphatic rings. The van der Waals surface area contributed by atoms with Gasteiger partial charge in [0.2, 0.25) is 0 Å². The molecule has 0 unspecified atom stereocenters. The van der Waals surface area contributed by atoms with Crippen LogP contribution in [0.4, 0.5) is 0 Å². The molecule has 1 amide bonds. The molecule has 1 saturated heterocycles. The van der Waals surface area contributed by atoms with Crippen molar-refractivity contribution in [3.05, 3.63) is 84.3 Å². The predicted octanol–water partition coefficient (Wildman–Crippen LogP) is 4.88. The van der Waals surface area contributed by atoms with Crippen molar-refractivity contribution in [3.63, 3.8) is 0 Å². The molecule has 1 aliphatic heterocycles. The van der Waals surface area contributed by atoms with Gasteiger partial charge < -0.3 is 9.47 Å². The lowest BCUT2D eigenvalue weighted by Gasteiger charge is -2.33. The molecule has 150 valence electrons. The summed E-state index contributed by atoms with van der Waals surface area (Å²) in [5, 5.41) is 1.11. The lowest BCUT2D eigenvalue weighted by atomic mass is 10.0. The third-order valence-electron chi connectivity index (χ3n) is 5.97. The average Bonchev–Trinajstić information content (AvgIpc) is 3.29. The highest BCUT2D eigenvalue weighted by molar-refractivity contribution is 5.94. The van der Waals surface area contributed by atoms with Crippen LogP contribution in [0, 0.1) is 6.92 Å². The van der Waals surface area contributed by atoms with E-state index < -0.39 is 0 Å². The van der Waals surface area contributed by atoms with E-state index in [0.29, 0.717) is 6.04 Å². The standard InChI is InChI=1S/C25H24N4O/c1-18-4-6-19(7-5-18)25(30)28-14-10-22(11-15-28)29-16-13-27-24(29)21-8-9-23-20(17-21)3-2-12-26-23/h2-9,12-13,16-17,22H,10-11,14-15H2,1H3. The Labute approximate surface area is 176 Å². The zero-order valence-corrected chi connectivity index (χ0v) is 17.0. The summed E-state index contributed by atoms with van der Waals surface area (Å²) in [7, 11) is 0. The number of nitrogens with zero attached hydrogens (tertiary/aromatic N) is 4. The van der Waals surface area contributed by atoms with Crippen LogP contribution in [-0.2, 0) is 0 Å². The van der Waals surface area contributed by atoms with E-state index in [-0.39, 0.29) is 5.91 Å². The Bertz CT molecular complexity index is 1190. The molecule has 0 aliphatic carbocycles. The zero-order valence-electron chi connectivity index (χ0n) is 17.0. The fraction of sp³-hybridized carbons (Fsp3) is 0.240. The minimum Gasteiger partial charge on any atom is -0.338 e. The number of likely N-dealkylation sites (tertiary alicyclic amines) is 1. The molecule has 4 aromatic rings. The van der Waals surface area contributed by atoms with Crippen LogP contribution in [0.25, 0.3) is 22.3 Å². The van der Waals surface area contributed by atoms with E-state index in [1.54, 1.807) is 0 Å². The minimum atomic E-state index is 0.126. The fourth-order valence-corrected chi connectivity index (χ4v) is 4.27. The summed E-state index contributed by atoms with van der Waals surface area (Å²) >= 11 is 0. The van der Waals surface area contributed by atoms with Crippen molar-refractivity contribution in [1.29, 1.82) is 0 Å². The van der Waals surface area contributed by atoms with Gasteiger partial charge in [0.15, 0.2) is 0 Å². The third kappa shape index (κ3) is 3.47. The quantitative estimate of drug-likeness (QED) is 0.496. The molecule has 5 nitrogen and oxygen atoms in total. The van der Waals surface area contributed by atoms with Gasteiger partial charge >= 0.3 is 0 Å². The Balaban J connectivity index is 1.33. The lowest BCUT2D eigenvalue weighted by Crippen LogP contribution is -2.39. The fourth-order valence-electron chi connectivity index (χ4n) is 4.27. The smallest absolute Gasteiger partial charge is 0.253 e. The number of hydrogen-bond acceptors (Lipinski definition) is 3. The van der Waals surface area contributed by atoms with Crippen LogP contribution in [0.1, 0.15) is 34.8 Å². The Kier molecular flexibility index (Phi) is 4.79. The first-order valence-electron chi connectivity index (χ1n) is 10.4. The normalized spacial score (nSPS) is 14.9. The minimum absolute atomic E-state index is 0.126. The third-order valence-corrected chi connectivity index (χ3v) is 5.97. The second-order valence-electron chi connectivity index (χ2n) is 7.96. The molecule has 0 radical (unpaired) electrons. The number of aryl methyl sites for hydroxylation is 1. The first kappa shape index (κ1) is 18.6. The summed E-state index contributed by atoms with van der Waals surface area (Å²) in [5.41, 5.74) is 4.02. The monoisotopic (exact) mass is 396 g/mol. The molecule has 0 saturated carbocycles. The number of rotatable bonds is 3. The number of pyridine rings is 1. The number of carbonyl (C=O) groups excluding carboxylic acids is 1. The Morgan fingerprint density at radius 2 is 1.77 bits per heavy atom. The number of hydrogen-bond donors (Lipinski definition) is 0. The molecular weight excluding hydrogens is 372 g/mol. The first-order valence-corrected chi connectivity index (χ1v) is 10.4. The number of amides is 1. The molecular formula is C25H24N4O. The molecule has 0 spiro atoms. The van der Waals surface area contributed by atoms with Crippen molar-refractivity contribution in [2.24, 2.45) is 0 Å². The van der Waals surface area contributed by atoms with Crippen molar-refractivity contribution < 1.29 is 4.79 Å². The molecule has 5 heteroatoms. The molecule has 0 bridgehead atoms. The summed E-state index contributed by atoms with van der Waals surface area (Å²) in [4.78, 5) is 23.8. The van der Waals surface area contributed by atoms with Gasteiger partial charge in [-0.3, -0.25) is 9.78 Å². The van der Waals surface area contributed by atoms with Crippen molar-refractivity contribution in [2.45, 2.75) is 25.8 Å². The van der Waals surface area contributed by atoms with E-state index in [1.807, 2.05) is 60.6 Å². The van der Waals surface area contributed by atoms with Gasteiger partial charge in [-0.2, -0.15) is 0 Å². The van der Waals surface area contributed by atoms with Gasteiger partial charge in [0, 0.05) is 54.2 Å². The number of benzene rings is 2. The molecule has 30 heavy (non-hydrogen) atoms. The molecule has 0 atom stereocenters. The molecule has 2 aromatic heterocycles. The van der Waals surface area contributed by atoms with Crippen LogP contribution in [0.15, 0.2) is 73.2 Å². The van der Waals surface area contributed by atoms with Crippen LogP contribution >= 0.6 is 0 Å². The summed E-state index contributed by atoms with van der Waals surface area (Å²) in [6.45, 7) is 3.56. The highest BCUT2D eigenvalue weighted by atomic mass is 16.2. The van der Waals surface area contributed by atoms with Crippen molar-refractivity contribution in [2.75, 3.05) is 13.1 Å². The van der Waals surface area contributed by atoms with Crippen LogP contribution < -0.4 is 0 Å². The average molecular weight is 396 g/mol. The summed E-state index contributed by atoms with van der Waals surface area (Å²) in [6.07, 6.45) is 7.60. The largest absolute Gasteiger partial charge is 0.338 e. The molecule has 3 heterocycles. The molecule has 5 rings (SSSR count). The second-order valence-corrected chi connectivity index (χ2v) is 7.96. The SMILES string of the molecule is Cc1ccc(C(=O)N2CCC(n3ccnc3-c3ccc4ncccc4c3)CC2)cc1.